The van der Waals surface area contributed by atoms with Crippen molar-refractivity contribution in [2.75, 3.05) is 38.2 Å². The molecule has 3 heterocycles. The molecule has 1 N–H and O–H groups in total. The number of nitrogens with one attached hydrogen (secondary N) is 1. The quantitative estimate of drug-likeness (QED) is 0.762. The largest absolute Gasteiger partial charge is 0.486 e. The zero-order chi connectivity index (χ0) is 19.6. The van der Waals surface area contributed by atoms with Crippen molar-refractivity contribution in [1.29, 1.82) is 0 Å². The van der Waals surface area contributed by atoms with Gasteiger partial charge in [0.25, 0.3) is 5.82 Å². The van der Waals surface area contributed by atoms with E-state index in [1.54, 1.807) is 22.6 Å². The summed E-state index contributed by atoms with van der Waals surface area (Å²) in [6.45, 7) is 2.29. The van der Waals surface area contributed by atoms with E-state index in [0.717, 1.165) is 36.6 Å². The fourth-order valence-electron chi connectivity index (χ4n) is 3.61. The molecular weight excluding hydrogens is 378 g/mol. The number of piperidine rings is 1. The maximum absolute atomic E-state index is 12.8. The Balaban J connectivity index is 1.41. The van der Waals surface area contributed by atoms with Crippen molar-refractivity contribution in [2.45, 2.75) is 30.3 Å². The summed E-state index contributed by atoms with van der Waals surface area (Å²) < 4.78 is 38.8. The number of hydrogen-bond acceptors (Lipinski definition) is 5. The summed E-state index contributed by atoms with van der Waals surface area (Å²) in [6, 6.07) is 11.1. The number of ether oxygens (including phenoxy) is 2. The number of rotatable bonds is 5. The molecule has 1 aromatic carbocycles. The third-order valence-electron chi connectivity index (χ3n) is 5.18. The first-order chi connectivity index (χ1) is 13.5. The molecule has 2 aliphatic rings. The minimum absolute atomic E-state index is 0.106. The SMILES string of the molecule is CN(C[C@H]1COc2ccccc2O1)c1ccc(S(=O)(=O)N2CCCCC2)c[nH+]1. The van der Waals surface area contributed by atoms with Gasteiger partial charge >= 0.3 is 0 Å². The Hall–Kier alpha value is -2.32. The van der Waals surface area contributed by atoms with Gasteiger partial charge in [-0.1, -0.05) is 18.6 Å². The summed E-state index contributed by atoms with van der Waals surface area (Å²) >= 11 is 0. The summed E-state index contributed by atoms with van der Waals surface area (Å²) in [4.78, 5) is 5.42. The number of nitrogens with zero attached hydrogens (tertiary/aromatic N) is 2. The lowest BCUT2D eigenvalue weighted by atomic mass is 10.2. The van der Waals surface area contributed by atoms with Crippen LogP contribution in [0.15, 0.2) is 47.5 Å². The topological polar surface area (TPSA) is 73.2 Å². The highest BCUT2D eigenvalue weighted by atomic mass is 32.2. The minimum Gasteiger partial charge on any atom is -0.486 e. The van der Waals surface area contributed by atoms with E-state index >= 15 is 0 Å². The summed E-state index contributed by atoms with van der Waals surface area (Å²) in [7, 11) is -1.49. The van der Waals surface area contributed by atoms with Crippen LogP contribution in [0, 0.1) is 0 Å². The Morgan fingerprint density at radius 3 is 2.57 bits per heavy atom. The molecule has 0 aliphatic carbocycles. The maximum atomic E-state index is 12.8. The van der Waals surface area contributed by atoms with Gasteiger partial charge < -0.3 is 9.47 Å². The van der Waals surface area contributed by atoms with Gasteiger partial charge in [0.1, 0.15) is 24.2 Å². The first kappa shape index (κ1) is 19.0. The number of aromatic nitrogens is 1. The average molecular weight is 405 g/mol. The zero-order valence-corrected chi connectivity index (χ0v) is 16.8. The van der Waals surface area contributed by atoms with Crippen molar-refractivity contribution in [3.8, 4) is 11.5 Å². The molecule has 1 fully saturated rings. The molecule has 1 atom stereocenters. The van der Waals surface area contributed by atoms with Crippen molar-refractivity contribution in [3.05, 3.63) is 42.6 Å². The molecule has 2 aliphatic heterocycles. The Labute approximate surface area is 165 Å². The van der Waals surface area contributed by atoms with Crippen LogP contribution in [0.25, 0.3) is 0 Å². The fraction of sp³-hybridized carbons (Fsp3) is 0.450. The van der Waals surface area contributed by atoms with Crippen LogP contribution in [0.4, 0.5) is 5.82 Å². The predicted molar refractivity (Wildman–Crippen MR) is 105 cm³/mol. The first-order valence-electron chi connectivity index (χ1n) is 9.65. The number of fused-ring (bicyclic) bond motifs is 1. The maximum Gasteiger partial charge on any atom is 0.274 e. The second-order valence-electron chi connectivity index (χ2n) is 7.25. The van der Waals surface area contributed by atoms with Gasteiger partial charge in [0.05, 0.1) is 7.05 Å². The van der Waals surface area contributed by atoms with E-state index in [9.17, 15) is 8.42 Å². The van der Waals surface area contributed by atoms with E-state index in [0.29, 0.717) is 31.1 Å². The van der Waals surface area contributed by atoms with Gasteiger partial charge in [0, 0.05) is 19.2 Å². The third-order valence-corrected chi connectivity index (χ3v) is 7.07. The normalized spacial score (nSPS) is 20.0. The third kappa shape index (κ3) is 3.93. The van der Waals surface area contributed by atoms with Crippen molar-refractivity contribution in [3.63, 3.8) is 0 Å². The van der Waals surface area contributed by atoms with Crippen LogP contribution in [0.1, 0.15) is 19.3 Å². The van der Waals surface area contributed by atoms with E-state index in [-0.39, 0.29) is 6.10 Å². The van der Waals surface area contributed by atoms with E-state index in [1.807, 2.05) is 36.2 Å². The summed E-state index contributed by atoms with van der Waals surface area (Å²) in [5.41, 5.74) is 0. The molecule has 8 heteroatoms. The lowest BCUT2D eigenvalue weighted by Gasteiger charge is -2.27. The molecule has 0 amide bonds. The number of hydrogen-bond donors (Lipinski definition) is 0. The molecule has 0 radical (unpaired) electrons. The zero-order valence-electron chi connectivity index (χ0n) is 16.0. The highest BCUT2D eigenvalue weighted by molar-refractivity contribution is 7.89. The van der Waals surface area contributed by atoms with Crippen LogP contribution in [-0.4, -0.2) is 52.1 Å². The molecule has 1 saturated heterocycles. The molecule has 4 rings (SSSR count). The smallest absolute Gasteiger partial charge is 0.274 e. The standard InChI is InChI=1S/C20H25N3O4S/c1-22(14-16-15-26-18-7-3-4-8-19(18)27-16)20-10-9-17(13-21-20)28(24,25)23-11-5-2-6-12-23/h3-4,7-10,13,16H,2,5-6,11-12,14-15H2,1H3/p+1/t16-/m0/s1. The second kappa shape index (κ2) is 7.97. The number of aromatic amines is 1. The summed E-state index contributed by atoms with van der Waals surface area (Å²) in [5, 5.41) is 0. The summed E-state index contributed by atoms with van der Waals surface area (Å²) in [6.07, 6.45) is 4.42. The van der Waals surface area contributed by atoms with Gasteiger partial charge in [0.15, 0.2) is 17.6 Å². The van der Waals surface area contributed by atoms with Crippen molar-refractivity contribution >= 4 is 15.8 Å². The lowest BCUT2D eigenvalue weighted by Crippen LogP contribution is -2.41. The molecular formula is C20H26N3O4S+. The molecule has 0 bridgehead atoms. The minimum atomic E-state index is -3.43. The van der Waals surface area contributed by atoms with Crippen LogP contribution in [0.2, 0.25) is 0 Å². The van der Waals surface area contributed by atoms with Crippen LogP contribution >= 0.6 is 0 Å². The van der Waals surface area contributed by atoms with Crippen LogP contribution in [-0.2, 0) is 10.0 Å². The van der Waals surface area contributed by atoms with E-state index in [4.69, 9.17) is 9.47 Å². The molecule has 0 saturated carbocycles. The Kier molecular flexibility index (Phi) is 5.41. The van der Waals surface area contributed by atoms with E-state index < -0.39 is 10.0 Å². The monoisotopic (exact) mass is 404 g/mol. The molecule has 0 spiro atoms. The summed E-state index contributed by atoms with van der Waals surface area (Å²) in [5.74, 6) is 2.33. The Morgan fingerprint density at radius 1 is 1.11 bits per heavy atom. The van der Waals surface area contributed by atoms with Crippen LogP contribution < -0.4 is 19.4 Å². The van der Waals surface area contributed by atoms with Crippen LogP contribution in [0.3, 0.4) is 0 Å². The highest BCUT2D eigenvalue weighted by Crippen LogP contribution is 2.31. The molecule has 28 heavy (non-hydrogen) atoms. The predicted octanol–water partition coefficient (Wildman–Crippen LogP) is 1.95. The highest BCUT2D eigenvalue weighted by Gasteiger charge is 2.28. The van der Waals surface area contributed by atoms with Crippen molar-refractivity contribution in [2.24, 2.45) is 0 Å². The van der Waals surface area contributed by atoms with Gasteiger partial charge in [-0.3, -0.25) is 4.90 Å². The van der Waals surface area contributed by atoms with Gasteiger partial charge in [-0.25, -0.2) is 13.4 Å². The van der Waals surface area contributed by atoms with Gasteiger partial charge in [-0.15, -0.1) is 0 Å². The van der Waals surface area contributed by atoms with E-state index in [1.165, 1.54) is 0 Å². The number of sulfonamides is 1. The number of anilines is 1. The number of H-pyrrole nitrogens is 1. The van der Waals surface area contributed by atoms with Gasteiger partial charge in [-0.05, 0) is 31.0 Å². The van der Waals surface area contributed by atoms with Gasteiger partial charge in [-0.2, -0.15) is 4.31 Å². The Morgan fingerprint density at radius 2 is 1.86 bits per heavy atom. The first-order valence-corrected chi connectivity index (χ1v) is 11.1. The Bertz CT molecular complexity index is 911. The lowest BCUT2D eigenvalue weighted by molar-refractivity contribution is -0.367. The number of benzene rings is 1. The number of para-hydroxylation sites is 2. The molecule has 7 nitrogen and oxygen atoms in total. The van der Waals surface area contributed by atoms with Crippen LogP contribution in [0.5, 0.6) is 11.5 Å². The molecule has 2 aromatic rings. The number of likely N-dealkylation sites (N-methyl/N-ethyl adjacent to an activating group) is 1. The second-order valence-corrected chi connectivity index (χ2v) is 9.19. The van der Waals surface area contributed by atoms with E-state index in [2.05, 4.69) is 4.98 Å². The average Bonchev–Trinajstić information content (AvgIpc) is 2.74. The molecule has 150 valence electrons. The molecule has 0 unspecified atom stereocenters. The molecule has 1 aromatic heterocycles. The van der Waals surface area contributed by atoms with Crippen molar-refractivity contribution in [1.82, 2.24) is 4.31 Å². The van der Waals surface area contributed by atoms with Gasteiger partial charge in [0.2, 0.25) is 10.0 Å². The van der Waals surface area contributed by atoms with Crippen molar-refractivity contribution < 1.29 is 22.9 Å². The number of pyridine rings is 1. The fourth-order valence-corrected chi connectivity index (χ4v) is 5.10.